The number of halogens is 1. The fourth-order valence-electron chi connectivity index (χ4n) is 3.53. The van der Waals surface area contributed by atoms with Crippen LogP contribution in [0.1, 0.15) is 24.1 Å². The van der Waals surface area contributed by atoms with Crippen LogP contribution in [0.2, 0.25) is 5.02 Å². The van der Waals surface area contributed by atoms with Crippen LogP contribution in [0, 0.1) is 13.8 Å². The first-order chi connectivity index (χ1) is 14.8. The molecular weight excluding hydrogens is 434 g/mol. The summed E-state index contributed by atoms with van der Waals surface area (Å²) in [6.07, 6.45) is 2.32. The van der Waals surface area contributed by atoms with Gasteiger partial charge < -0.3 is 10.2 Å². The van der Waals surface area contributed by atoms with Crippen molar-refractivity contribution in [3.05, 3.63) is 64.8 Å². The molecule has 1 saturated heterocycles. The SMILES string of the molecule is Cc1cc(Nc2ccc(NS(=O)(=O)c3cccc(Cl)c3C)cc2)nc(N2CCCC2)n1. The second-order valence-electron chi connectivity index (χ2n) is 7.56. The molecule has 7 nitrogen and oxygen atoms in total. The van der Waals surface area contributed by atoms with Crippen molar-refractivity contribution < 1.29 is 8.42 Å². The van der Waals surface area contributed by atoms with Crippen molar-refractivity contribution >= 4 is 44.8 Å². The van der Waals surface area contributed by atoms with Crippen molar-refractivity contribution in [3.63, 3.8) is 0 Å². The molecule has 0 aliphatic carbocycles. The van der Waals surface area contributed by atoms with Gasteiger partial charge in [-0.25, -0.2) is 13.4 Å². The Bertz CT molecular complexity index is 1190. The maximum Gasteiger partial charge on any atom is 0.262 e. The summed E-state index contributed by atoms with van der Waals surface area (Å²) in [5.74, 6) is 1.44. The maximum absolute atomic E-state index is 12.7. The third-order valence-electron chi connectivity index (χ3n) is 5.15. The van der Waals surface area contributed by atoms with Crippen LogP contribution in [0.3, 0.4) is 0 Å². The molecule has 1 aliphatic rings. The molecule has 2 heterocycles. The average molecular weight is 458 g/mol. The van der Waals surface area contributed by atoms with Crippen LogP contribution in [-0.4, -0.2) is 31.5 Å². The second kappa shape index (κ2) is 8.72. The van der Waals surface area contributed by atoms with Gasteiger partial charge in [-0.1, -0.05) is 17.7 Å². The maximum atomic E-state index is 12.7. The first kappa shape index (κ1) is 21.4. The van der Waals surface area contributed by atoms with E-state index in [1.807, 2.05) is 13.0 Å². The minimum Gasteiger partial charge on any atom is -0.341 e. The van der Waals surface area contributed by atoms with Gasteiger partial charge in [-0.15, -0.1) is 0 Å². The summed E-state index contributed by atoms with van der Waals surface area (Å²) in [6.45, 7) is 5.58. The van der Waals surface area contributed by atoms with Gasteiger partial charge in [-0.2, -0.15) is 4.98 Å². The largest absolute Gasteiger partial charge is 0.341 e. The fraction of sp³-hybridized carbons (Fsp3) is 0.273. The Hall–Kier alpha value is -2.84. The number of aryl methyl sites for hydroxylation is 1. The van der Waals surface area contributed by atoms with Crippen molar-refractivity contribution in [3.8, 4) is 0 Å². The van der Waals surface area contributed by atoms with Gasteiger partial charge in [-0.05, 0) is 68.7 Å². The molecule has 0 atom stereocenters. The Morgan fingerprint density at radius 1 is 0.968 bits per heavy atom. The summed E-state index contributed by atoms with van der Waals surface area (Å²) in [6, 6.07) is 13.7. The average Bonchev–Trinajstić information content (AvgIpc) is 3.26. The Morgan fingerprint density at radius 2 is 1.65 bits per heavy atom. The highest BCUT2D eigenvalue weighted by Gasteiger charge is 2.19. The highest BCUT2D eigenvalue weighted by Crippen LogP contribution is 2.26. The van der Waals surface area contributed by atoms with Gasteiger partial charge in [-0.3, -0.25) is 4.72 Å². The van der Waals surface area contributed by atoms with Gasteiger partial charge in [0.2, 0.25) is 5.95 Å². The van der Waals surface area contributed by atoms with Crippen LogP contribution < -0.4 is 14.9 Å². The molecule has 0 unspecified atom stereocenters. The number of aromatic nitrogens is 2. The van der Waals surface area contributed by atoms with E-state index in [4.69, 9.17) is 11.6 Å². The summed E-state index contributed by atoms with van der Waals surface area (Å²) in [4.78, 5) is 11.5. The molecule has 31 heavy (non-hydrogen) atoms. The molecule has 1 aliphatic heterocycles. The van der Waals surface area contributed by atoms with Gasteiger partial charge in [0, 0.05) is 41.2 Å². The molecule has 3 aromatic rings. The molecule has 1 aromatic heterocycles. The Labute approximate surface area is 187 Å². The molecule has 2 aromatic carbocycles. The lowest BCUT2D eigenvalue weighted by Crippen LogP contribution is -2.21. The van der Waals surface area contributed by atoms with Crippen molar-refractivity contribution in [2.45, 2.75) is 31.6 Å². The quantitative estimate of drug-likeness (QED) is 0.547. The molecule has 2 N–H and O–H groups in total. The zero-order valence-electron chi connectivity index (χ0n) is 17.4. The monoisotopic (exact) mass is 457 g/mol. The van der Waals surface area contributed by atoms with E-state index < -0.39 is 10.0 Å². The minimum absolute atomic E-state index is 0.160. The normalized spacial score (nSPS) is 14.0. The molecular formula is C22H24ClN5O2S. The number of rotatable bonds is 6. The third-order valence-corrected chi connectivity index (χ3v) is 7.08. The van der Waals surface area contributed by atoms with Gasteiger partial charge in [0.1, 0.15) is 5.82 Å². The topological polar surface area (TPSA) is 87.2 Å². The van der Waals surface area contributed by atoms with E-state index >= 15 is 0 Å². The van der Waals surface area contributed by atoms with E-state index in [2.05, 4.69) is 24.9 Å². The van der Waals surface area contributed by atoms with E-state index in [-0.39, 0.29) is 4.90 Å². The van der Waals surface area contributed by atoms with E-state index in [0.29, 0.717) is 22.1 Å². The van der Waals surface area contributed by atoms with Crippen LogP contribution in [-0.2, 0) is 10.0 Å². The smallest absolute Gasteiger partial charge is 0.262 e. The van der Waals surface area contributed by atoms with Crippen LogP contribution in [0.4, 0.5) is 23.1 Å². The molecule has 0 spiro atoms. The Kier molecular flexibility index (Phi) is 6.02. The van der Waals surface area contributed by atoms with Crippen molar-refractivity contribution in [2.75, 3.05) is 28.0 Å². The molecule has 1 fully saturated rings. The summed E-state index contributed by atoms with van der Waals surface area (Å²) < 4.78 is 28.1. The van der Waals surface area contributed by atoms with Gasteiger partial charge in [0.15, 0.2) is 0 Å². The van der Waals surface area contributed by atoms with Crippen molar-refractivity contribution in [1.82, 2.24) is 9.97 Å². The first-order valence-electron chi connectivity index (χ1n) is 10.1. The van der Waals surface area contributed by atoms with Crippen molar-refractivity contribution in [2.24, 2.45) is 0 Å². The van der Waals surface area contributed by atoms with Gasteiger partial charge in [0.25, 0.3) is 10.0 Å². The number of hydrogen-bond acceptors (Lipinski definition) is 6. The highest BCUT2D eigenvalue weighted by molar-refractivity contribution is 7.92. The van der Waals surface area contributed by atoms with Crippen LogP contribution in [0.5, 0.6) is 0 Å². The molecule has 0 amide bonds. The molecule has 9 heteroatoms. The highest BCUT2D eigenvalue weighted by atomic mass is 35.5. The predicted octanol–water partition coefficient (Wildman–Crippen LogP) is 4.89. The summed E-state index contributed by atoms with van der Waals surface area (Å²) in [5.41, 5.74) is 2.66. The third kappa shape index (κ3) is 4.91. The van der Waals surface area contributed by atoms with E-state index in [1.165, 1.54) is 6.07 Å². The number of hydrogen-bond donors (Lipinski definition) is 2. The number of nitrogens with zero attached hydrogens (tertiary/aromatic N) is 3. The number of anilines is 4. The lowest BCUT2D eigenvalue weighted by atomic mass is 10.2. The van der Waals surface area contributed by atoms with Gasteiger partial charge >= 0.3 is 0 Å². The molecule has 162 valence electrons. The lowest BCUT2D eigenvalue weighted by molar-refractivity contribution is 0.600. The van der Waals surface area contributed by atoms with Gasteiger partial charge in [0.05, 0.1) is 4.90 Å². The molecule has 0 bridgehead atoms. The minimum atomic E-state index is -3.74. The van der Waals surface area contributed by atoms with E-state index in [1.54, 1.807) is 43.3 Å². The second-order valence-corrected chi connectivity index (χ2v) is 9.62. The van der Waals surface area contributed by atoms with Crippen LogP contribution in [0.15, 0.2) is 53.4 Å². The Morgan fingerprint density at radius 3 is 2.35 bits per heavy atom. The molecule has 0 saturated carbocycles. The zero-order chi connectivity index (χ0) is 22.0. The predicted molar refractivity (Wildman–Crippen MR) is 125 cm³/mol. The van der Waals surface area contributed by atoms with Crippen LogP contribution >= 0.6 is 11.6 Å². The summed E-state index contributed by atoms with van der Waals surface area (Å²) >= 11 is 6.07. The number of sulfonamides is 1. The standard InChI is InChI=1S/C22H24ClN5O2S/c1-15-14-21(26-22(24-15)28-12-3-4-13-28)25-17-8-10-18(11-9-17)27-31(29,30)20-7-5-6-19(23)16(20)2/h5-11,14,27H,3-4,12-13H2,1-2H3,(H,24,25,26). The van der Waals surface area contributed by atoms with Crippen LogP contribution in [0.25, 0.3) is 0 Å². The van der Waals surface area contributed by atoms with E-state index in [9.17, 15) is 8.42 Å². The number of nitrogens with one attached hydrogen (secondary N) is 2. The summed E-state index contributed by atoms with van der Waals surface area (Å²) in [5, 5.41) is 3.69. The lowest BCUT2D eigenvalue weighted by Gasteiger charge is -2.17. The van der Waals surface area contributed by atoms with Crippen molar-refractivity contribution in [1.29, 1.82) is 0 Å². The first-order valence-corrected chi connectivity index (χ1v) is 11.9. The Balaban J connectivity index is 1.49. The zero-order valence-corrected chi connectivity index (χ0v) is 19.0. The molecule has 4 rings (SSSR count). The fourth-order valence-corrected chi connectivity index (χ4v) is 5.09. The molecule has 0 radical (unpaired) electrons. The van der Waals surface area contributed by atoms with E-state index in [0.717, 1.165) is 43.3 Å². The summed E-state index contributed by atoms with van der Waals surface area (Å²) in [7, 11) is -3.74. The number of benzene rings is 2.